The molecule has 0 spiro atoms. The van der Waals surface area contributed by atoms with Crippen LogP contribution in [0.1, 0.15) is 28.3 Å². The number of alkyl halides is 3. The van der Waals surface area contributed by atoms with Crippen LogP contribution in [0.2, 0.25) is 0 Å². The molecule has 2 aromatic carbocycles. The highest BCUT2D eigenvalue weighted by atomic mass is 19.4. The third kappa shape index (κ3) is 3.39. The Hall–Kier alpha value is -1.95. The zero-order valence-electron chi connectivity index (χ0n) is 11.0. The highest BCUT2D eigenvalue weighted by Crippen LogP contribution is 2.32. The molecule has 6 heteroatoms. The van der Waals surface area contributed by atoms with Gasteiger partial charge in [0.25, 0.3) is 0 Å². The van der Waals surface area contributed by atoms with Crippen molar-refractivity contribution in [3.8, 4) is 0 Å². The van der Waals surface area contributed by atoms with Crippen LogP contribution in [0.15, 0.2) is 36.4 Å². The van der Waals surface area contributed by atoms with Gasteiger partial charge in [-0.2, -0.15) is 13.2 Å². The van der Waals surface area contributed by atoms with E-state index in [0.717, 1.165) is 24.3 Å². The molecule has 1 atom stereocenters. The van der Waals surface area contributed by atoms with Gasteiger partial charge in [0, 0.05) is 6.07 Å². The minimum atomic E-state index is -4.45. The molecule has 0 aliphatic heterocycles. The van der Waals surface area contributed by atoms with Gasteiger partial charge in [-0.05, 0) is 47.9 Å². The van der Waals surface area contributed by atoms with Crippen LogP contribution in [0, 0.1) is 18.6 Å². The Morgan fingerprint density at radius 2 is 1.52 bits per heavy atom. The molecule has 0 heterocycles. The first kappa shape index (κ1) is 15.4. The molecular weight excluding hydrogens is 289 g/mol. The third-order valence-electron chi connectivity index (χ3n) is 3.18. The van der Waals surface area contributed by atoms with E-state index in [9.17, 15) is 22.0 Å². The summed E-state index contributed by atoms with van der Waals surface area (Å²) in [5.41, 5.74) is 5.96. The van der Waals surface area contributed by atoms with Crippen LogP contribution in [0.5, 0.6) is 0 Å². The first-order valence-electron chi connectivity index (χ1n) is 6.08. The smallest absolute Gasteiger partial charge is 0.320 e. The van der Waals surface area contributed by atoms with Gasteiger partial charge in [0.2, 0.25) is 0 Å². The fraction of sp³-hybridized carbons (Fsp3) is 0.200. The van der Waals surface area contributed by atoms with Crippen molar-refractivity contribution in [3.05, 3.63) is 70.3 Å². The van der Waals surface area contributed by atoms with Gasteiger partial charge in [0.15, 0.2) is 0 Å². The standard InChI is InChI=1S/C15H12F5N/c1-8-4-10(15(18,19)20)2-3-13(8)14(21)9-5-11(16)7-12(17)6-9/h2-7,14H,21H2,1H3. The average Bonchev–Trinajstić information content (AvgIpc) is 2.35. The van der Waals surface area contributed by atoms with Gasteiger partial charge in [0.1, 0.15) is 11.6 Å². The van der Waals surface area contributed by atoms with E-state index in [1.54, 1.807) is 0 Å². The second-order valence-electron chi connectivity index (χ2n) is 4.75. The molecule has 0 aliphatic carbocycles. The fourth-order valence-electron chi connectivity index (χ4n) is 2.14. The normalized spacial score (nSPS) is 13.3. The van der Waals surface area contributed by atoms with E-state index in [4.69, 9.17) is 5.73 Å². The van der Waals surface area contributed by atoms with Crippen LogP contribution in [-0.4, -0.2) is 0 Å². The Labute approximate surface area is 118 Å². The molecule has 0 aromatic heterocycles. The molecule has 112 valence electrons. The van der Waals surface area contributed by atoms with Gasteiger partial charge in [-0.1, -0.05) is 6.07 Å². The number of nitrogens with two attached hydrogens (primary N) is 1. The maximum absolute atomic E-state index is 13.2. The Morgan fingerprint density at radius 1 is 0.952 bits per heavy atom. The molecule has 21 heavy (non-hydrogen) atoms. The van der Waals surface area contributed by atoms with Gasteiger partial charge in [0.05, 0.1) is 11.6 Å². The Kier molecular flexibility index (Phi) is 4.00. The van der Waals surface area contributed by atoms with Crippen LogP contribution in [0.4, 0.5) is 22.0 Å². The number of halogens is 5. The summed E-state index contributed by atoms with van der Waals surface area (Å²) in [7, 11) is 0. The van der Waals surface area contributed by atoms with Gasteiger partial charge >= 0.3 is 6.18 Å². The van der Waals surface area contributed by atoms with Crippen molar-refractivity contribution in [1.29, 1.82) is 0 Å². The van der Waals surface area contributed by atoms with E-state index in [1.165, 1.54) is 13.0 Å². The first-order valence-corrected chi connectivity index (χ1v) is 6.08. The molecule has 0 radical (unpaired) electrons. The van der Waals surface area contributed by atoms with E-state index in [1.807, 2.05) is 0 Å². The number of aryl methyl sites for hydroxylation is 1. The molecule has 2 aromatic rings. The Bertz CT molecular complexity index is 643. The average molecular weight is 301 g/mol. The van der Waals surface area contributed by atoms with Crippen molar-refractivity contribution < 1.29 is 22.0 Å². The second-order valence-corrected chi connectivity index (χ2v) is 4.75. The zero-order valence-corrected chi connectivity index (χ0v) is 11.0. The number of benzene rings is 2. The summed E-state index contributed by atoms with van der Waals surface area (Å²) in [5.74, 6) is -1.57. The largest absolute Gasteiger partial charge is 0.416 e. The molecular formula is C15H12F5N. The minimum absolute atomic E-state index is 0.162. The van der Waals surface area contributed by atoms with Gasteiger partial charge in [-0.3, -0.25) is 0 Å². The van der Waals surface area contributed by atoms with Crippen LogP contribution >= 0.6 is 0 Å². The van der Waals surface area contributed by atoms with Crippen molar-refractivity contribution in [1.82, 2.24) is 0 Å². The summed E-state index contributed by atoms with van der Waals surface area (Å²) < 4.78 is 64.2. The topological polar surface area (TPSA) is 26.0 Å². The van der Waals surface area contributed by atoms with Gasteiger partial charge in [-0.25, -0.2) is 8.78 Å². The van der Waals surface area contributed by atoms with Crippen molar-refractivity contribution in [2.75, 3.05) is 0 Å². The lowest BCUT2D eigenvalue weighted by molar-refractivity contribution is -0.137. The number of hydrogen-bond donors (Lipinski definition) is 1. The van der Waals surface area contributed by atoms with Crippen LogP contribution in [0.25, 0.3) is 0 Å². The molecule has 0 bridgehead atoms. The summed E-state index contributed by atoms with van der Waals surface area (Å²) in [4.78, 5) is 0. The van der Waals surface area contributed by atoms with Crippen molar-refractivity contribution in [2.24, 2.45) is 5.73 Å². The molecule has 2 rings (SSSR count). The molecule has 1 nitrogen and oxygen atoms in total. The van der Waals surface area contributed by atoms with Gasteiger partial charge in [-0.15, -0.1) is 0 Å². The summed E-state index contributed by atoms with van der Waals surface area (Å²) in [6, 6.07) is 5.01. The molecule has 0 saturated carbocycles. The molecule has 2 N–H and O–H groups in total. The molecule has 0 amide bonds. The summed E-state index contributed by atoms with van der Waals surface area (Å²) in [5, 5.41) is 0. The minimum Gasteiger partial charge on any atom is -0.320 e. The highest BCUT2D eigenvalue weighted by molar-refractivity contribution is 5.39. The van der Waals surface area contributed by atoms with Crippen molar-refractivity contribution >= 4 is 0 Å². The second kappa shape index (κ2) is 5.44. The fourth-order valence-corrected chi connectivity index (χ4v) is 2.14. The van der Waals surface area contributed by atoms with Crippen LogP contribution in [0.3, 0.4) is 0 Å². The number of hydrogen-bond acceptors (Lipinski definition) is 1. The predicted molar refractivity (Wildman–Crippen MR) is 68.6 cm³/mol. The molecule has 0 saturated heterocycles. The van der Waals surface area contributed by atoms with Crippen LogP contribution in [-0.2, 0) is 6.18 Å². The summed E-state index contributed by atoms with van der Waals surface area (Å²) in [6.07, 6.45) is -4.45. The first-order chi connectivity index (χ1) is 9.68. The lowest BCUT2D eigenvalue weighted by atomic mass is 9.94. The molecule has 1 unspecified atom stereocenters. The highest BCUT2D eigenvalue weighted by Gasteiger charge is 2.31. The van der Waals surface area contributed by atoms with E-state index in [-0.39, 0.29) is 5.56 Å². The lowest BCUT2D eigenvalue weighted by Crippen LogP contribution is -2.15. The monoisotopic (exact) mass is 301 g/mol. The van der Waals surface area contributed by atoms with E-state index in [0.29, 0.717) is 17.2 Å². The van der Waals surface area contributed by atoms with E-state index < -0.39 is 29.4 Å². The quantitative estimate of drug-likeness (QED) is 0.820. The number of rotatable bonds is 2. The van der Waals surface area contributed by atoms with E-state index >= 15 is 0 Å². The summed E-state index contributed by atoms with van der Waals surface area (Å²) in [6.45, 7) is 1.47. The lowest BCUT2D eigenvalue weighted by Gasteiger charge is -2.17. The third-order valence-corrected chi connectivity index (χ3v) is 3.18. The Balaban J connectivity index is 2.42. The maximum Gasteiger partial charge on any atom is 0.416 e. The molecule has 0 fully saturated rings. The van der Waals surface area contributed by atoms with Crippen LogP contribution < -0.4 is 5.73 Å². The molecule has 0 aliphatic rings. The van der Waals surface area contributed by atoms with Gasteiger partial charge < -0.3 is 5.73 Å². The van der Waals surface area contributed by atoms with Crippen molar-refractivity contribution in [2.45, 2.75) is 19.1 Å². The maximum atomic E-state index is 13.2. The van der Waals surface area contributed by atoms with E-state index in [2.05, 4.69) is 0 Å². The summed E-state index contributed by atoms with van der Waals surface area (Å²) >= 11 is 0. The predicted octanol–water partition coefficient (Wildman–Crippen LogP) is 4.34. The Morgan fingerprint density at radius 3 is 2.00 bits per heavy atom. The SMILES string of the molecule is Cc1cc(C(F)(F)F)ccc1C(N)c1cc(F)cc(F)c1. The zero-order chi connectivity index (χ0) is 15.8. The van der Waals surface area contributed by atoms with Crippen molar-refractivity contribution in [3.63, 3.8) is 0 Å².